The van der Waals surface area contributed by atoms with Crippen LogP contribution in [0.4, 0.5) is 0 Å². The average molecular weight is 410 g/mol. The van der Waals surface area contributed by atoms with Crippen LogP contribution in [0, 0.1) is 0 Å². The normalized spacial score (nSPS) is 15.8. The molecule has 0 aliphatic carbocycles. The number of carbonyl (C=O) groups excluding carboxylic acids is 2. The highest BCUT2D eigenvalue weighted by atomic mass is 35.5. The predicted octanol–water partition coefficient (Wildman–Crippen LogP) is 3.93. The first-order chi connectivity index (χ1) is 12.0. The number of hydrogen-bond donors (Lipinski definition) is 1. The maximum absolute atomic E-state index is 12.5. The molecule has 1 fully saturated rings. The summed E-state index contributed by atoms with van der Waals surface area (Å²) in [5.41, 5.74) is 3.57. The van der Waals surface area contributed by atoms with Crippen molar-refractivity contribution in [1.29, 1.82) is 0 Å². The number of halogens is 2. The summed E-state index contributed by atoms with van der Waals surface area (Å²) in [6.07, 6.45) is 4.62. The number of hydrazine groups is 1. The van der Waals surface area contributed by atoms with Gasteiger partial charge in [-0.2, -0.15) is 5.01 Å². The first-order valence-corrected chi connectivity index (χ1v) is 8.88. The molecule has 25 heavy (non-hydrogen) atoms. The first kappa shape index (κ1) is 17.9. The van der Waals surface area contributed by atoms with Crippen LogP contribution in [0.1, 0.15) is 15.9 Å². The number of thiocarbonyl (C=S) groups is 1. The molecule has 0 saturated carbocycles. The minimum absolute atomic E-state index is 0.235. The van der Waals surface area contributed by atoms with Gasteiger partial charge in [0.25, 0.3) is 11.8 Å². The second-order valence-electron chi connectivity index (χ2n) is 4.87. The molecule has 1 aliphatic heterocycles. The van der Waals surface area contributed by atoms with Crippen molar-refractivity contribution >= 4 is 69.4 Å². The molecule has 0 unspecified atom stereocenters. The van der Waals surface area contributed by atoms with Crippen molar-refractivity contribution in [3.63, 3.8) is 0 Å². The summed E-state index contributed by atoms with van der Waals surface area (Å²) in [5.74, 6) is -0.863. The monoisotopic (exact) mass is 409 g/mol. The topological polar surface area (TPSA) is 62.3 Å². The molecule has 2 amide bonds. The number of benzene rings is 1. The van der Waals surface area contributed by atoms with Gasteiger partial charge in [0.1, 0.15) is 0 Å². The number of nitrogens with one attached hydrogen (secondary N) is 1. The van der Waals surface area contributed by atoms with Crippen molar-refractivity contribution < 1.29 is 9.59 Å². The van der Waals surface area contributed by atoms with Gasteiger partial charge in [-0.05, 0) is 48.1 Å². The molecule has 0 atom stereocenters. The van der Waals surface area contributed by atoms with Gasteiger partial charge < -0.3 is 0 Å². The van der Waals surface area contributed by atoms with E-state index < -0.39 is 11.8 Å². The van der Waals surface area contributed by atoms with Crippen LogP contribution in [0.5, 0.6) is 0 Å². The molecule has 3 rings (SSSR count). The van der Waals surface area contributed by atoms with Crippen LogP contribution in [-0.4, -0.2) is 26.1 Å². The summed E-state index contributed by atoms with van der Waals surface area (Å²) in [7, 11) is 0. The minimum atomic E-state index is -0.450. The highest BCUT2D eigenvalue weighted by molar-refractivity contribution is 8.26. The smallest absolute Gasteiger partial charge is 0.267 e. The van der Waals surface area contributed by atoms with Gasteiger partial charge in [-0.1, -0.05) is 41.0 Å². The molecule has 1 aliphatic rings. The van der Waals surface area contributed by atoms with Crippen LogP contribution in [0.25, 0.3) is 6.08 Å². The summed E-state index contributed by atoms with van der Waals surface area (Å²) in [4.78, 5) is 28.9. The molecule has 5 nitrogen and oxygen atoms in total. The lowest BCUT2D eigenvalue weighted by molar-refractivity contribution is -0.123. The van der Waals surface area contributed by atoms with E-state index in [4.69, 9.17) is 35.4 Å². The van der Waals surface area contributed by atoms with E-state index >= 15 is 0 Å². The van der Waals surface area contributed by atoms with Gasteiger partial charge in [0.2, 0.25) is 0 Å². The predicted molar refractivity (Wildman–Crippen MR) is 103 cm³/mol. The van der Waals surface area contributed by atoms with Crippen molar-refractivity contribution in [2.75, 3.05) is 0 Å². The van der Waals surface area contributed by atoms with Crippen molar-refractivity contribution in [3.8, 4) is 0 Å². The third-order valence-corrected chi connectivity index (χ3v) is 5.23. The lowest BCUT2D eigenvalue weighted by Gasteiger charge is -2.15. The van der Waals surface area contributed by atoms with Crippen molar-refractivity contribution in [2.45, 2.75) is 0 Å². The Bertz CT molecular complexity index is 904. The summed E-state index contributed by atoms with van der Waals surface area (Å²) in [6, 6.07) is 8.10. The van der Waals surface area contributed by atoms with Crippen molar-refractivity contribution in [3.05, 3.63) is 68.8 Å². The van der Waals surface area contributed by atoms with E-state index in [1.54, 1.807) is 36.4 Å². The molecule has 9 heteroatoms. The van der Waals surface area contributed by atoms with Gasteiger partial charge in [-0.25, -0.2) is 0 Å². The Hall–Kier alpha value is -1.93. The minimum Gasteiger partial charge on any atom is -0.267 e. The zero-order chi connectivity index (χ0) is 18.0. The quantitative estimate of drug-likeness (QED) is 0.614. The number of carbonyl (C=O) groups is 2. The highest BCUT2D eigenvalue weighted by Crippen LogP contribution is 2.32. The number of aromatic nitrogens is 1. The molecular formula is C16H9Cl2N3O2S2. The zero-order valence-corrected chi connectivity index (χ0v) is 15.5. The van der Waals surface area contributed by atoms with Gasteiger partial charge in [0.15, 0.2) is 4.32 Å². The molecular weight excluding hydrogens is 401 g/mol. The second kappa shape index (κ2) is 7.53. The molecule has 0 bridgehead atoms. The Morgan fingerprint density at radius 3 is 2.60 bits per heavy atom. The fraction of sp³-hybridized carbons (Fsp3) is 0. The molecule has 1 N–H and O–H groups in total. The third kappa shape index (κ3) is 4.01. The Balaban J connectivity index is 1.79. The number of nitrogens with zero attached hydrogens (tertiary/aromatic N) is 2. The van der Waals surface area contributed by atoms with Crippen molar-refractivity contribution in [1.82, 2.24) is 15.4 Å². The Morgan fingerprint density at radius 2 is 1.92 bits per heavy atom. The van der Waals surface area contributed by atoms with Crippen molar-refractivity contribution in [2.24, 2.45) is 0 Å². The maximum atomic E-state index is 12.5. The Morgan fingerprint density at radius 1 is 1.20 bits per heavy atom. The fourth-order valence-corrected chi connectivity index (χ4v) is 3.47. The molecule has 126 valence electrons. The maximum Gasteiger partial charge on any atom is 0.285 e. The summed E-state index contributed by atoms with van der Waals surface area (Å²) in [6.45, 7) is 0. The largest absolute Gasteiger partial charge is 0.285 e. The van der Waals surface area contributed by atoms with Crippen LogP contribution < -0.4 is 5.43 Å². The van der Waals surface area contributed by atoms with E-state index in [0.717, 1.165) is 16.8 Å². The van der Waals surface area contributed by atoms with E-state index in [1.165, 1.54) is 12.4 Å². The van der Waals surface area contributed by atoms with E-state index in [2.05, 4.69) is 10.4 Å². The lowest BCUT2D eigenvalue weighted by Crippen LogP contribution is -2.44. The number of pyridine rings is 1. The first-order valence-electron chi connectivity index (χ1n) is 6.90. The van der Waals surface area contributed by atoms with Gasteiger partial charge in [0, 0.05) is 18.0 Å². The summed E-state index contributed by atoms with van der Waals surface area (Å²) in [5, 5.41) is 1.86. The van der Waals surface area contributed by atoms with E-state index in [0.29, 0.717) is 26.1 Å². The average Bonchev–Trinajstić information content (AvgIpc) is 2.86. The van der Waals surface area contributed by atoms with Crippen LogP contribution >= 0.6 is 47.2 Å². The van der Waals surface area contributed by atoms with Gasteiger partial charge in [-0.3, -0.25) is 20.0 Å². The zero-order valence-electron chi connectivity index (χ0n) is 12.4. The number of rotatable bonds is 3. The standard InChI is InChI=1S/C16H9Cl2N3O2S2/c17-11-2-1-9(7-12(11)18)8-13-15(23)21(16(24)25-13)20-14(22)10-3-5-19-6-4-10/h1-8H,(H,20,22)/b13-8-. The van der Waals surface area contributed by atoms with Gasteiger partial charge in [-0.15, -0.1) is 0 Å². The summed E-state index contributed by atoms with van der Waals surface area (Å²) < 4.78 is 0.235. The fourth-order valence-electron chi connectivity index (χ4n) is 1.99. The molecule has 1 aromatic carbocycles. The van der Waals surface area contributed by atoms with E-state index in [9.17, 15) is 9.59 Å². The van der Waals surface area contributed by atoms with Gasteiger partial charge >= 0.3 is 0 Å². The molecule has 1 saturated heterocycles. The molecule has 2 aromatic rings. The van der Waals surface area contributed by atoms with E-state index in [-0.39, 0.29) is 4.32 Å². The molecule has 0 radical (unpaired) electrons. The molecule has 0 spiro atoms. The summed E-state index contributed by atoms with van der Waals surface area (Å²) >= 11 is 18.1. The number of amides is 2. The molecule has 2 heterocycles. The number of hydrogen-bond acceptors (Lipinski definition) is 5. The van der Waals surface area contributed by atoms with E-state index in [1.807, 2.05) is 0 Å². The number of thioether (sulfide) groups is 1. The van der Waals surface area contributed by atoms with Crippen LogP contribution in [-0.2, 0) is 4.79 Å². The Labute approximate surface area is 163 Å². The third-order valence-electron chi connectivity index (χ3n) is 3.19. The van der Waals surface area contributed by atoms with Crippen LogP contribution in [0.3, 0.4) is 0 Å². The highest BCUT2D eigenvalue weighted by Gasteiger charge is 2.33. The Kier molecular flexibility index (Phi) is 5.39. The van der Waals surface area contributed by atoms with Gasteiger partial charge in [0.05, 0.1) is 15.0 Å². The second-order valence-corrected chi connectivity index (χ2v) is 7.36. The van der Waals surface area contributed by atoms with Crippen LogP contribution in [0.15, 0.2) is 47.6 Å². The van der Waals surface area contributed by atoms with Crippen LogP contribution in [0.2, 0.25) is 10.0 Å². The lowest BCUT2D eigenvalue weighted by atomic mass is 10.2. The molecule has 1 aromatic heterocycles. The SMILES string of the molecule is O=C(NN1C(=O)/C(=C/c2ccc(Cl)c(Cl)c2)SC1=S)c1ccncc1.